The Morgan fingerprint density at radius 3 is 2.46 bits per heavy atom. The molecule has 0 aromatic carbocycles. The lowest BCUT2D eigenvalue weighted by molar-refractivity contribution is -0.141. The van der Waals surface area contributed by atoms with Crippen LogP contribution in [0.5, 0.6) is 0 Å². The molecule has 2 aromatic rings. The van der Waals surface area contributed by atoms with E-state index in [0.717, 1.165) is 10.6 Å². The Hall–Kier alpha value is -3.15. The van der Waals surface area contributed by atoms with E-state index in [1.165, 1.54) is 13.0 Å². The topological polar surface area (TPSA) is 126 Å². The molecular weight excluding hydrogens is 385 g/mol. The van der Waals surface area contributed by atoms with Crippen LogP contribution in [0.3, 0.4) is 0 Å². The molecule has 0 saturated carbocycles. The summed E-state index contributed by atoms with van der Waals surface area (Å²) in [6, 6.07) is 2.98. The highest BCUT2D eigenvalue weighted by Crippen LogP contribution is 2.28. The number of alkyl halides is 3. The highest BCUT2D eigenvalue weighted by Gasteiger charge is 2.33. The van der Waals surface area contributed by atoms with Crippen molar-refractivity contribution in [2.45, 2.75) is 32.7 Å². The molecule has 0 atom stereocenters. The number of nitrogens with zero attached hydrogens (tertiary/aromatic N) is 3. The van der Waals surface area contributed by atoms with Crippen LogP contribution in [-0.2, 0) is 25.8 Å². The number of aliphatic hydroxyl groups is 1. The quantitative estimate of drug-likeness (QED) is 0.648. The van der Waals surface area contributed by atoms with Gasteiger partial charge >= 0.3 is 18.0 Å². The molecule has 28 heavy (non-hydrogen) atoms. The van der Waals surface area contributed by atoms with Gasteiger partial charge in [-0.25, -0.2) is 14.6 Å². The second-order valence-electron chi connectivity index (χ2n) is 5.88. The number of aryl methyl sites for hydroxylation is 1. The normalized spacial score (nSPS) is 11.5. The number of aliphatic hydroxyl groups excluding tert-OH is 1. The molecule has 3 N–H and O–H groups in total. The van der Waals surface area contributed by atoms with E-state index in [1.807, 2.05) is 5.32 Å². The Balaban J connectivity index is 2.52. The second-order valence-corrected chi connectivity index (χ2v) is 5.88. The first-order valence-electron chi connectivity index (χ1n) is 7.99. The zero-order valence-corrected chi connectivity index (χ0v) is 14.7. The number of hydrogen-bond donors (Lipinski definition) is 3. The Kier molecular flexibility index (Phi) is 6.23. The maximum atomic E-state index is 13.1. The van der Waals surface area contributed by atoms with Gasteiger partial charge in [0.1, 0.15) is 5.69 Å². The molecule has 0 fully saturated rings. The number of halogens is 3. The van der Waals surface area contributed by atoms with Crippen molar-refractivity contribution in [3.05, 3.63) is 61.7 Å². The van der Waals surface area contributed by atoms with Gasteiger partial charge in [0.2, 0.25) is 0 Å². The SMILES string of the molecule is Cc1cc(=O)n(Cc2cc(CNC(=O)O)cc(C(F)(F)F)n2)c(=O)n1CCO. The average molecular weight is 402 g/mol. The summed E-state index contributed by atoms with van der Waals surface area (Å²) in [6.07, 6.45) is -6.22. The van der Waals surface area contributed by atoms with Gasteiger partial charge in [0.05, 0.1) is 25.4 Å². The zero-order chi connectivity index (χ0) is 21.1. The molecule has 0 aliphatic carbocycles. The smallest absolute Gasteiger partial charge is 0.433 e. The molecule has 12 heteroatoms. The minimum atomic E-state index is -4.80. The van der Waals surface area contributed by atoms with E-state index in [0.29, 0.717) is 16.3 Å². The van der Waals surface area contributed by atoms with Gasteiger partial charge < -0.3 is 15.5 Å². The Bertz CT molecular complexity index is 997. The van der Waals surface area contributed by atoms with Gasteiger partial charge in [-0.3, -0.25) is 13.9 Å². The first-order valence-corrected chi connectivity index (χ1v) is 7.99. The maximum absolute atomic E-state index is 13.1. The maximum Gasteiger partial charge on any atom is 0.433 e. The van der Waals surface area contributed by atoms with Gasteiger partial charge in [-0.2, -0.15) is 13.2 Å². The van der Waals surface area contributed by atoms with Crippen molar-refractivity contribution in [3.8, 4) is 0 Å². The van der Waals surface area contributed by atoms with Crippen molar-refractivity contribution in [1.82, 2.24) is 19.4 Å². The minimum Gasteiger partial charge on any atom is -0.465 e. The molecule has 0 spiro atoms. The van der Waals surface area contributed by atoms with Crippen molar-refractivity contribution in [2.24, 2.45) is 0 Å². The highest BCUT2D eigenvalue weighted by atomic mass is 19.4. The summed E-state index contributed by atoms with van der Waals surface area (Å²) in [5.74, 6) is 0. The molecule has 2 heterocycles. The van der Waals surface area contributed by atoms with Crippen LogP contribution >= 0.6 is 0 Å². The number of carboxylic acid groups (broad SMARTS) is 1. The van der Waals surface area contributed by atoms with Crippen LogP contribution in [0.2, 0.25) is 0 Å². The van der Waals surface area contributed by atoms with Crippen LogP contribution in [0, 0.1) is 6.92 Å². The summed E-state index contributed by atoms with van der Waals surface area (Å²) in [5.41, 5.74) is -2.79. The molecular formula is C16H17F3N4O5. The van der Waals surface area contributed by atoms with Crippen molar-refractivity contribution in [3.63, 3.8) is 0 Å². The number of pyridine rings is 1. The van der Waals surface area contributed by atoms with Gasteiger partial charge in [-0.05, 0) is 24.6 Å². The summed E-state index contributed by atoms with van der Waals surface area (Å²) < 4.78 is 41.1. The lowest BCUT2D eigenvalue weighted by Gasteiger charge is -2.14. The molecule has 0 saturated heterocycles. The second kappa shape index (κ2) is 8.25. The van der Waals surface area contributed by atoms with Gasteiger partial charge in [0.25, 0.3) is 5.56 Å². The summed E-state index contributed by atoms with van der Waals surface area (Å²) in [7, 11) is 0. The van der Waals surface area contributed by atoms with Crippen LogP contribution in [0.1, 0.15) is 22.6 Å². The fourth-order valence-corrected chi connectivity index (χ4v) is 2.56. The summed E-state index contributed by atoms with van der Waals surface area (Å²) >= 11 is 0. The summed E-state index contributed by atoms with van der Waals surface area (Å²) in [6.45, 7) is 0.0698. The molecule has 2 aromatic heterocycles. The monoisotopic (exact) mass is 402 g/mol. The molecule has 0 unspecified atom stereocenters. The van der Waals surface area contributed by atoms with Crippen LogP contribution in [0.25, 0.3) is 0 Å². The molecule has 1 amide bonds. The van der Waals surface area contributed by atoms with Crippen LogP contribution < -0.4 is 16.6 Å². The van der Waals surface area contributed by atoms with Gasteiger partial charge in [-0.15, -0.1) is 0 Å². The average Bonchev–Trinajstić information content (AvgIpc) is 2.59. The lowest BCUT2D eigenvalue weighted by atomic mass is 10.1. The Morgan fingerprint density at radius 1 is 1.21 bits per heavy atom. The van der Waals surface area contributed by atoms with E-state index in [1.54, 1.807) is 0 Å². The third-order valence-electron chi connectivity index (χ3n) is 3.80. The van der Waals surface area contributed by atoms with Gasteiger partial charge in [-0.1, -0.05) is 0 Å². The van der Waals surface area contributed by atoms with Crippen LogP contribution in [-0.4, -0.2) is 37.0 Å². The van der Waals surface area contributed by atoms with Crippen LogP contribution in [0.4, 0.5) is 18.0 Å². The van der Waals surface area contributed by atoms with E-state index in [-0.39, 0.29) is 24.4 Å². The van der Waals surface area contributed by atoms with E-state index in [9.17, 15) is 27.6 Å². The molecule has 9 nitrogen and oxygen atoms in total. The molecule has 0 radical (unpaired) electrons. The standard InChI is InChI=1S/C16H17F3N4O5/c1-9-4-13(25)23(15(28)22(9)2-3-24)8-11-5-10(7-20-14(26)27)6-12(21-11)16(17,18)19/h4-6,20,24H,2-3,7-8H2,1H3,(H,26,27). The summed E-state index contributed by atoms with van der Waals surface area (Å²) in [4.78, 5) is 38.7. The van der Waals surface area contributed by atoms with E-state index in [2.05, 4.69) is 4.98 Å². The predicted octanol–water partition coefficient (Wildman–Crippen LogP) is 0.540. The van der Waals surface area contributed by atoms with Crippen LogP contribution in [0.15, 0.2) is 27.8 Å². The Labute approximate surface area is 155 Å². The molecule has 2 rings (SSSR count). The number of hydrogen-bond acceptors (Lipinski definition) is 5. The number of amides is 1. The van der Waals surface area contributed by atoms with E-state index in [4.69, 9.17) is 10.2 Å². The van der Waals surface area contributed by atoms with Crippen molar-refractivity contribution in [2.75, 3.05) is 6.61 Å². The molecule has 0 bridgehead atoms. The van der Waals surface area contributed by atoms with Crippen molar-refractivity contribution in [1.29, 1.82) is 0 Å². The first kappa shape index (κ1) is 21.2. The van der Waals surface area contributed by atoms with Crippen molar-refractivity contribution >= 4 is 6.09 Å². The Morgan fingerprint density at radius 2 is 1.89 bits per heavy atom. The highest BCUT2D eigenvalue weighted by molar-refractivity contribution is 5.64. The third-order valence-corrected chi connectivity index (χ3v) is 3.80. The number of nitrogens with one attached hydrogen (secondary N) is 1. The van der Waals surface area contributed by atoms with Gasteiger partial charge in [0, 0.05) is 18.3 Å². The van der Waals surface area contributed by atoms with E-state index >= 15 is 0 Å². The summed E-state index contributed by atoms with van der Waals surface area (Å²) in [5, 5.41) is 19.6. The fourth-order valence-electron chi connectivity index (χ4n) is 2.56. The molecule has 152 valence electrons. The lowest BCUT2D eigenvalue weighted by Crippen LogP contribution is -2.41. The largest absolute Gasteiger partial charge is 0.465 e. The molecule has 0 aliphatic heterocycles. The van der Waals surface area contributed by atoms with E-state index < -0.39 is 42.3 Å². The number of aromatic nitrogens is 3. The number of carbonyl (C=O) groups is 1. The zero-order valence-electron chi connectivity index (χ0n) is 14.7. The third kappa shape index (κ3) is 4.97. The fraction of sp³-hybridized carbons (Fsp3) is 0.375. The molecule has 0 aliphatic rings. The first-order chi connectivity index (χ1) is 13.0. The number of rotatable bonds is 6. The van der Waals surface area contributed by atoms with Gasteiger partial charge in [0.15, 0.2) is 0 Å². The predicted molar refractivity (Wildman–Crippen MR) is 90.0 cm³/mol. The van der Waals surface area contributed by atoms with Crippen molar-refractivity contribution < 1.29 is 28.2 Å². The minimum absolute atomic E-state index is 0.0319.